The average molecular weight is 472 g/mol. The van der Waals surface area contributed by atoms with E-state index < -0.39 is 16.7 Å². The number of rotatable bonds is 8. The van der Waals surface area contributed by atoms with Gasteiger partial charge in [0.05, 0.1) is 5.69 Å². The van der Waals surface area contributed by atoms with Gasteiger partial charge < -0.3 is 4.74 Å². The summed E-state index contributed by atoms with van der Waals surface area (Å²) >= 11 is 6.64. The zero-order chi connectivity index (χ0) is 23.2. The van der Waals surface area contributed by atoms with Crippen LogP contribution in [-0.2, 0) is 20.3 Å². The quantitative estimate of drug-likeness (QED) is 0.160. The van der Waals surface area contributed by atoms with E-state index in [0.717, 1.165) is 16.7 Å². The molecular weight excluding hydrogens is 449 g/mol. The lowest BCUT2D eigenvalue weighted by Gasteiger charge is -2.37. The average Bonchev–Trinajstić information content (AvgIpc) is 2.90. The van der Waals surface area contributed by atoms with E-state index in [1.807, 2.05) is 109 Å². The van der Waals surface area contributed by atoms with E-state index in [4.69, 9.17) is 16.0 Å². The lowest BCUT2D eigenvalue weighted by Crippen LogP contribution is -2.41. The minimum Gasteiger partial charge on any atom is -0.442 e. The molecule has 0 N–H and O–H groups in total. The third-order valence-corrected chi connectivity index (χ3v) is 7.57. The van der Waals surface area contributed by atoms with Crippen LogP contribution in [0, 0.1) is 0 Å². The Balaban J connectivity index is 1.91. The highest BCUT2D eigenvalue weighted by Gasteiger charge is 2.48. The highest BCUT2D eigenvalue weighted by atomic mass is 35.7. The van der Waals surface area contributed by atoms with Crippen molar-refractivity contribution in [1.29, 1.82) is 0 Å². The van der Waals surface area contributed by atoms with E-state index in [1.54, 1.807) is 12.3 Å². The molecule has 2 atom stereocenters. The highest BCUT2D eigenvalue weighted by molar-refractivity contribution is 7.70. The van der Waals surface area contributed by atoms with Crippen molar-refractivity contribution in [2.45, 2.75) is 10.8 Å². The lowest BCUT2D eigenvalue weighted by atomic mass is 9.87. The van der Waals surface area contributed by atoms with Crippen molar-refractivity contribution in [1.82, 2.24) is 4.98 Å². The maximum absolute atomic E-state index is 14.2. The Morgan fingerprint density at radius 2 is 1.27 bits per heavy atom. The van der Waals surface area contributed by atoms with Crippen molar-refractivity contribution in [3.63, 3.8) is 0 Å². The lowest BCUT2D eigenvalue weighted by molar-refractivity contribution is -0.155. The Labute approximate surface area is 200 Å². The first-order valence-corrected chi connectivity index (χ1v) is 12.5. The van der Waals surface area contributed by atoms with Crippen LogP contribution >= 0.6 is 19.2 Å². The van der Waals surface area contributed by atoms with E-state index in [9.17, 15) is 4.79 Å². The molecule has 1 heterocycles. The maximum Gasteiger partial charge on any atom is 0.328 e. The van der Waals surface area contributed by atoms with Crippen LogP contribution in [0.2, 0.25) is 0 Å². The van der Waals surface area contributed by atoms with Crippen molar-refractivity contribution in [3.05, 3.63) is 150 Å². The molecule has 0 aliphatic carbocycles. The molecule has 0 spiro atoms. The Hall–Kier alpha value is -3.26. The summed E-state index contributed by atoms with van der Waals surface area (Å²) < 4.78 is 6.43. The molecule has 0 saturated heterocycles. The summed E-state index contributed by atoms with van der Waals surface area (Å²) in [5.74, 6) is -0.470. The zero-order valence-corrected chi connectivity index (χ0v) is 19.7. The second-order valence-corrected chi connectivity index (χ2v) is 8.99. The predicted molar refractivity (Wildman–Crippen MR) is 136 cm³/mol. The maximum atomic E-state index is 14.2. The van der Waals surface area contributed by atoms with Gasteiger partial charge in [-0.2, -0.15) is 0 Å². The second-order valence-electron chi connectivity index (χ2n) is 7.49. The number of ether oxygens (including phenoxy) is 1. The summed E-state index contributed by atoms with van der Waals surface area (Å²) in [7, 11) is -0.300. The first-order chi connectivity index (χ1) is 16.2. The smallest absolute Gasteiger partial charge is 0.328 e. The molecule has 4 aromatic rings. The number of aromatic nitrogens is 1. The van der Waals surface area contributed by atoms with Gasteiger partial charge in [-0.15, -0.1) is 0 Å². The number of benzene rings is 3. The van der Waals surface area contributed by atoms with Crippen molar-refractivity contribution < 1.29 is 9.53 Å². The Bertz CT molecular complexity index is 1120. The number of nitrogens with zero attached hydrogens (tertiary/aromatic N) is 1. The molecule has 0 saturated carbocycles. The number of esters is 1. The standard InChI is InChI=1S/C28H23ClNO2P/c1-2-27(22-14-6-3-7-15-22,25-20-12-13-21-30-25)32-26(31)28(33-29,23-16-8-4-9-17-23)24-18-10-5-11-19-24/h2-21,33H,1H2. The van der Waals surface area contributed by atoms with E-state index >= 15 is 0 Å². The van der Waals surface area contributed by atoms with Crippen LogP contribution in [0.5, 0.6) is 0 Å². The fourth-order valence-corrected chi connectivity index (χ4v) is 5.51. The number of hydrogen-bond donors (Lipinski definition) is 0. The minimum absolute atomic E-state index is 0.300. The summed E-state index contributed by atoms with van der Waals surface area (Å²) in [4.78, 5) is 18.8. The van der Waals surface area contributed by atoms with Crippen LogP contribution in [0.1, 0.15) is 22.4 Å². The van der Waals surface area contributed by atoms with Gasteiger partial charge in [-0.3, -0.25) is 9.78 Å². The molecular formula is C28H23ClNO2P. The van der Waals surface area contributed by atoms with Crippen LogP contribution < -0.4 is 0 Å². The fourth-order valence-electron chi connectivity index (χ4n) is 3.94. The van der Waals surface area contributed by atoms with Crippen molar-refractivity contribution in [2.24, 2.45) is 0 Å². The molecule has 0 amide bonds. The topological polar surface area (TPSA) is 39.2 Å². The normalized spacial score (nSPS) is 13.4. The van der Waals surface area contributed by atoms with Gasteiger partial charge in [0.2, 0.25) is 0 Å². The van der Waals surface area contributed by atoms with Crippen LogP contribution in [-0.4, -0.2) is 11.0 Å². The number of hydrogen-bond acceptors (Lipinski definition) is 3. The van der Waals surface area contributed by atoms with Crippen molar-refractivity contribution in [3.8, 4) is 0 Å². The third-order valence-electron chi connectivity index (χ3n) is 5.65. The van der Waals surface area contributed by atoms with E-state index in [1.165, 1.54) is 0 Å². The Morgan fingerprint density at radius 3 is 1.70 bits per heavy atom. The largest absolute Gasteiger partial charge is 0.442 e. The van der Waals surface area contributed by atoms with Gasteiger partial charge in [0.25, 0.3) is 0 Å². The third kappa shape index (κ3) is 4.23. The zero-order valence-electron chi connectivity index (χ0n) is 17.9. The van der Waals surface area contributed by atoms with Crippen LogP contribution in [0.4, 0.5) is 0 Å². The van der Waals surface area contributed by atoms with E-state index in [-0.39, 0.29) is 7.93 Å². The van der Waals surface area contributed by atoms with Gasteiger partial charge >= 0.3 is 5.97 Å². The van der Waals surface area contributed by atoms with Gasteiger partial charge in [-0.25, -0.2) is 0 Å². The molecule has 2 unspecified atom stereocenters. The molecule has 164 valence electrons. The van der Waals surface area contributed by atoms with Gasteiger partial charge in [-0.05, 0) is 29.3 Å². The van der Waals surface area contributed by atoms with E-state index in [0.29, 0.717) is 5.69 Å². The SMILES string of the molecule is C=CC(OC(=O)C(PCl)(c1ccccc1)c1ccccc1)(c1ccccc1)c1ccccn1. The number of halogens is 1. The monoisotopic (exact) mass is 471 g/mol. The minimum atomic E-state index is -1.29. The van der Waals surface area contributed by atoms with Crippen LogP contribution in [0.3, 0.4) is 0 Å². The van der Waals surface area contributed by atoms with Gasteiger partial charge in [0.1, 0.15) is 5.16 Å². The van der Waals surface area contributed by atoms with Crippen LogP contribution in [0.15, 0.2) is 128 Å². The first kappa shape index (κ1) is 22.9. The molecule has 33 heavy (non-hydrogen) atoms. The number of pyridine rings is 1. The number of carbonyl (C=O) groups is 1. The summed E-state index contributed by atoms with van der Waals surface area (Å²) in [5.41, 5.74) is 1.56. The molecule has 0 aliphatic rings. The Kier molecular flexibility index (Phi) is 7.03. The predicted octanol–water partition coefficient (Wildman–Crippen LogP) is 6.83. The van der Waals surface area contributed by atoms with Gasteiger partial charge in [-0.1, -0.05) is 115 Å². The van der Waals surface area contributed by atoms with Gasteiger partial charge in [0, 0.05) is 19.7 Å². The van der Waals surface area contributed by atoms with Crippen LogP contribution in [0.25, 0.3) is 0 Å². The molecule has 0 bridgehead atoms. The first-order valence-electron chi connectivity index (χ1n) is 10.5. The fraction of sp³-hybridized carbons (Fsp3) is 0.0714. The summed E-state index contributed by atoms with van der Waals surface area (Å²) in [6, 6.07) is 34.1. The molecule has 0 aliphatic heterocycles. The molecule has 1 aromatic heterocycles. The highest BCUT2D eigenvalue weighted by Crippen LogP contribution is 2.52. The summed E-state index contributed by atoms with van der Waals surface area (Å²) in [6.07, 6.45) is 3.30. The van der Waals surface area contributed by atoms with E-state index in [2.05, 4.69) is 11.6 Å². The number of carbonyl (C=O) groups excluding carboxylic acids is 1. The summed E-state index contributed by atoms with van der Waals surface area (Å²) in [6.45, 7) is 4.04. The molecule has 5 heteroatoms. The molecule has 3 aromatic carbocycles. The van der Waals surface area contributed by atoms with Crippen molar-refractivity contribution in [2.75, 3.05) is 0 Å². The summed E-state index contributed by atoms with van der Waals surface area (Å²) in [5, 5.41) is -1.19. The molecule has 0 radical (unpaired) electrons. The molecule has 4 rings (SSSR count). The second kappa shape index (κ2) is 10.1. The van der Waals surface area contributed by atoms with Crippen molar-refractivity contribution >= 4 is 25.1 Å². The Morgan fingerprint density at radius 1 is 0.788 bits per heavy atom. The molecule has 0 fully saturated rings. The van der Waals surface area contributed by atoms with Gasteiger partial charge in [0.15, 0.2) is 5.60 Å². The molecule has 3 nitrogen and oxygen atoms in total.